The van der Waals surface area contributed by atoms with Crippen LogP contribution in [0.15, 0.2) is 0 Å². The lowest BCUT2D eigenvalue weighted by Crippen LogP contribution is -1.94. The first-order valence-electron chi connectivity index (χ1n) is 3.04. The number of hydrogen-bond acceptors (Lipinski definition) is 4. The minimum absolute atomic E-state index is 0.0729. The van der Waals surface area contributed by atoms with Crippen molar-refractivity contribution in [1.29, 1.82) is 0 Å². The van der Waals surface area contributed by atoms with Gasteiger partial charge in [0.25, 0.3) is 0 Å². The second-order valence-corrected chi connectivity index (χ2v) is 3.15. The summed E-state index contributed by atoms with van der Waals surface area (Å²) in [6, 6.07) is 0. The van der Waals surface area contributed by atoms with E-state index in [-0.39, 0.29) is 6.61 Å². The lowest BCUT2D eigenvalue weighted by Gasteiger charge is -1.85. The molecule has 3 N–H and O–H groups in total. The van der Waals surface area contributed by atoms with Gasteiger partial charge in [-0.3, -0.25) is 0 Å². The van der Waals surface area contributed by atoms with Crippen molar-refractivity contribution in [3.05, 3.63) is 15.6 Å². The van der Waals surface area contributed by atoms with Gasteiger partial charge in [0.05, 0.1) is 17.2 Å². The van der Waals surface area contributed by atoms with E-state index >= 15 is 0 Å². The average Bonchev–Trinajstić information content (AvgIpc) is 2.30. The summed E-state index contributed by atoms with van der Waals surface area (Å²) in [6.45, 7) is 2.41. The third kappa shape index (κ3) is 1.34. The molecule has 0 unspecified atom stereocenters. The van der Waals surface area contributed by atoms with E-state index in [0.717, 1.165) is 15.6 Å². The minimum atomic E-state index is 0.0729. The molecule has 0 fully saturated rings. The first kappa shape index (κ1) is 7.65. The Kier molecular flexibility index (Phi) is 2.37. The summed E-state index contributed by atoms with van der Waals surface area (Å²) in [5, 5.41) is 9.65. The zero-order valence-electron chi connectivity index (χ0n) is 5.79. The van der Waals surface area contributed by atoms with Gasteiger partial charge in [-0.1, -0.05) is 0 Å². The first-order valence-corrected chi connectivity index (χ1v) is 3.85. The van der Waals surface area contributed by atoms with Crippen molar-refractivity contribution in [2.24, 2.45) is 5.73 Å². The van der Waals surface area contributed by atoms with Crippen LogP contribution in [0.25, 0.3) is 0 Å². The van der Waals surface area contributed by atoms with E-state index in [0.29, 0.717) is 6.54 Å². The van der Waals surface area contributed by atoms with Gasteiger partial charge in [0, 0.05) is 6.54 Å². The predicted molar refractivity (Wildman–Crippen MR) is 40.7 cm³/mol. The quantitative estimate of drug-likeness (QED) is 0.655. The molecule has 0 aliphatic rings. The monoisotopic (exact) mass is 158 g/mol. The van der Waals surface area contributed by atoms with Crippen LogP contribution in [0, 0.1) is 6.92 Å². The summed E-state index contributed by atoms with van der Waals surface area (Å²) < 4.78 is 0. The molecule has 0 radical (unpaired) electrons. The van der Waals surface area contributed by atoms with Gasteiger partial charge in [0.1, 0.15) is 5.01 Å². The number of aliphatic hydroxyl groups is 1. The topological polar surface area (TPSA) is 59.1 Å². The number of hydrogen-bond donors (Lipinski definition) is 2. The molecule has 0 spiro atoms. The standard InChI is InChI=1S/C6H10N2OS/c1-4-5(3-9)10-6(2-7)8-4/h9H,2-3,7H2,1H3. The maximum Gasteiger partial charge on any atom is 0.107 e. The predicted octanol–water partition coefficient (Wildman–Crippen LogP) is 0.403. The van der Waals surface area contributed by atoms with Crippen LogP contribution in [0.1, 0.15) is 15.6 Å². The number of aryl methyl sites for hydroxylation is 1. The molecule has 1 rings (SSSR count). The largest absolute Gasteiger partial charge is 0.391 e. The molecular formula is C6H10N2OS. The lowest BCUT2D eigenvalue weighted by atomic mass is 10.4. The van der Waals surface area contributed by atoms with Crippen molar-refractivity contribution in [3.8, 4) is 0 Å². The average molecular weight is 158 g/mol. The molecule has 3 nitrogen and oxygen atoms in total. The Hall–Kier alpha value is -0.450. The van der Waals surface area contributed by atoms with Crippen LogP contribution in [-0.2, 0) is 13.2 Å². The summed E-state index contributed by atoms with van der Waals surface area (Å²) in [4.78, 5) is 5.05. The van der Waals surface area contributed by atoms with Gasteiger partial charge in [-0.05, 0) is 6.92 Å². The SMILES string of the molecule is Cc1nc(CN)sc1CO. The smallest absolute Gasteiger partial charge is 0.107 e. The van der Waals surface area contributed by atoms with Crippen molar-refractivity contribution in [3.63, 3.8) is 0 Å². The Balaban J connectivity index is 2.92. The van der Waals surface area contributed by atoms with Gasteiger partial charge >= 0.3 is 0 Å². The van der Waals surface area contributed by atoms with Crippen molar-refractivity contribution < 1.29 is 5.11 Å². The minimum Gasteiger partial charge on any atom is -0.391 e. The Morgan fingerprint density at radius 2 is 2.40 bits per heavy atom. The van der Waals surface area contributed by atoms with E-state index in [1.807, 2.05) is 6.92 Å². The van der Waals surface area contributed by atoms with Gasteiger partial charge in [-0.25, -0.2) is 4.98 Å². The van der Waals surface area contributed by atoms with Gasteiger partial charge in [0.2, 0.25) is 0 Å². The molecule has 0 aromatic carbocycles. The molecule has 0 bridgehead atoms. The highest BCUT2D eigenvalue weighted by Gasteiger charge is 2.03. The molecule has 0 saturated carbocycles. The molecule has 0 amide bonds. The summed E-state index contributed by atoms with van der Waals surface area (Å²) in [7, 11) is 0. The first-order chi connectivity index (χ1) is 4.77. The number of thiazole rings is 1. The highest BCUT2D eigenvalue weighted by molar-refractivity contribution is 7.11. The fraction of sp³-hybridized carbons (Fsp3) is 0.500. The van der Waals surface area contributed by atoms with E-state index in [1.54, 1.807) is 0 Å². The summed E-state index contributed by atoms with van der Waals surface area (Å²) in [6.07, 6.45) is 0. The van der Waals surface area contributed by atoms with Crippen LogP contribution in [0.3, 0.4) is 0 Å². The molecule has 1 heterocycles. The third-order valence-corrected chi connectivity index (χ3v) is 2.42. The van der Waals surface area contributed by atoms with Crippen LogP contribution in [0.4, 0.5) is 0 Å². The van der Waals surface area contributed by atoms with Crippen LogP contribution in [0.2, 0.25) is 0 Å². The highest BCUT2D eigenvalue weighted by Crippen LogP contribution is 2.16. The van der Waals surface area contributed by atoms with Crippen molar-refractivity contribution in [2.75, 3.05) is 0 Å². The Morgan fingerprint density at radius 1 is 1.70 bits per heavy atom. The number of rotatable bonds is 2. The van der Waals surface area contributed by atoms with Gasteiger partial charge in [0.15, 0.2) is 0 Å². The molecule has 4 heteroatoms. The lowest BCUT2D eigenvalue weighted by molar-refractivity contribution is 0.284. The normalized spacial score (nSPS) is 10.3. The van der Waals surface area contributed by atoms with Crippen LogP contribution < -0.4 is 5.73 Å². The highest BCUT2D eigenvalue weighted by atomic mass is 32.1. The molecule has 0 saturated heterocycles. The third-order valence-electron chi connectivity index (χ3n) is 1.26. The van der Waals surface area contributed by atoms with Crippen LogP contribution in [-0.4, -0.2) is 10.1 Å². The zero-order valence-corrected chi connectivity index (χ0v) is 6.61. The molecule has 1 aromatic rings. The summed E-state index contributed by atoms with van der Waals surface area (Å²) >= 11 is 1.47. The number of nitrogens with two attached hydrogens (primary N) is 1. The van der Waals surface area contributed by atoms with Crippen molar-refractivity contribution >= 4 is 11.3 Å². The molecule has 10 heavy (non-hydrogen) atoms. The van der Waals surface area contributed by atoms with E-state index < -0.39 is 0 Å². The van der Waals surface area contributed by atoms with Crippen molar-refractivity contribution in [1.82, 2.24) is 4.98 Å². The molecule has 0 aliphatic heterocycles. The fourth-order valence-electron chi connectivity index (χ4n) is 0.722. The van der Waals surface area contributed by atoms with E-state index in [1.165, 1.54) is 11.3 Å². The number of nitrogens with zero attached hydrogens (tertiary/aromatic N) is 1. The maximum absolute atomic E-state index is 8.76. The molecular weight excluding hydrogens is 148 g/mol. The van der Waals surface area contributed by atoms with Gasteiger partial charge in [-0.15, -0.1) is 11.3 Å². The maximum atomic E-state index is 8.76. The molecule has 1 aromatic heterocycles. The van der Waals surface area contributed by atoms with Crippen LogP contribution >= 0.6 is 11.3 Å². The number of aliphatic hydroxyl groups excluding tert-OH is 1. The molecule has 0 atom stereocenters. The Bertz CT molecular complexity index is 222. The Morgan fingerprint density at radius 3 is 2.70 bits per heavy atom. The summed E-state index contributed by atoms with van der Waals surface area (Å²) in [5.74, 6) is 0. The van der Waals surface area contributed by atoms with Crippen molar-refractivity contribution in [2.45, 2.75) is 20.1 Å². The second-order valence-electron chi connectivity index (χ2n) is 1.98. The van der Waals surface area contributed by atoms with E-state index in [2.05, 4.69) is 4.98 Å². The van der Waals surface area contributed by atoms with Crippen LogP contribution in [0.5, 0.6) is 0 Å². The zero-order chi connectivity index (χ0) is 7.56. The fourth-order valence-corrected chi connectivity index (χ4v) is 1.53. The Labute approximate surface area is 63.5 Å². The second kappa shape index (κ2) is 3.09. The van der Waals surface area contributed by atoms with Gasteiger partial charge < -0.3 is 10.8 Å². The van der Waals surface area contributed by atoms with E-state index in [4.69, 9.17) is 10.8 Å². The number of aromatic nitrogens is 1. The summed E-state index contributed by atoms with van der Waals surface area (Å²) in [5.41, 5.74) is 6.25. The molecule has 56 valence electrons. The van der Waals surface area contributed by atoms with Gasteiger partial charge in [-0.2, -0.15) is 0 Å². The molecule has 0 aliphatic carbocycles. The van der Waals surface area contributed by atoms with E-state index in [9.17, 15) is 0 Å².